The Bertz CT molecular complexity index is 337. The van der Waals surface area contributed by atoms with Gasteiger partial charge in [-0.15, -0.1) is 11.3 Å². The Balaban J connectivity index is 2.05. The van der Waals surface area contributed by atoms with Crippen LogP contribution in [0.5, 0.6) is 0 Å². The van der Waals surface area contributed by atoms with Gasteiger partial charge in [0.25, 0.3) is 0 Å². The summed E-state index contributed by atoms with van der Waals surface area (Å²) in [5.74, 6) is 0. The highest BCUT2D eigenvalue weighted by molar-refractivity contribution is 7.16. The van der Waals surface area contributed by atoms with Crippen LogP contribution in [0.15, 0.2) is 12.1 Å². The first kappa shape index (κ1) is 11.4. The van der Waals surface area contributed by atoms with Crippen LogP contribution in [-0.2, 0) is 4.74 Å². The molecule has 0 spiro atoms. The molecule has 0 saturated carbocycles. The van der Waals surface area contributed by atoms with Crippen LogP contribution in [0.25, 0.3) is 0 Å². The fraction of sp³-hybridized carbons (Fsp3) is 0.636. The molecule has 1 saturated heterocycles. The quantitative estimate of drug-likeness (QED) is 0.820. The Hall–Kier alpha value is -0.0900. The maximum atomic E-state index is 5.92. The summed E-state index contributed by atoms with van der Waals surface area (Å²) in [6.45, 7) is 6.09. The van der Waals surface area contributed by atoms with Crippen LogP contribution < -0.4 is 5.32 Å². The molecule has 1 aromatic heterocycles. The van der Waals surface area contributed by atoms with Gasteiger partial charge in [0.2, 0.25) is 0 Å². The summed E-state index contributed by atoms with van der Waals surface area (Å²) in [6.07, 6.45) is 1.20. The molecule has 0 aromatic carbocycles. The van der Waals surface area contributed by atoms with Crippen molar-refractivity contribution in [3.05, 3.63) is 21.3 Å². The Morgan fingerprint density at radius 3 is 3.00 bits per heavy atom. The van der Waals surface area contributed by atoms with Crippen LogP contribution in [0.3, 0.4) is 0 Å². The van der Waals surface area contributed by atoms with Crippen molar-refractivity contribution in [1.82, 2.24) is 5.32 Å². The lowest BCUT2D eigenvalue weighted by atomic mass is 10.0. The van der Waals surface area contributed by atoms with Crippen molar-refractivity contribution in [3.8, 4) is 0 Å². The molecule has 1 unspecified atom stereocenters. The largest absolute Gasteiger partial charge is 0.371 e. The Labute approximate surface area is 99.6 Å². The van der Waals surface area contributed by atoms with Gasteiger partial charge in [-0.1, -0.05) is 11.6 Å². The van der Waals surface area contributed by atoms with E-state index in [1.165, 1.54) is 4.88 Å². The smallest absolute Gasteiger partial charge is 0.104 e. The molecular formula is C11H16ClNOS. The van der Waals surface area contributed by atoms with Crippen LogP contribution >= 0.6 is 22.9 Å². The molecule has 0 radical (unpaired) electrons. The second-order valence-corrected chi connectivity index (χ2v) is 6.26. The fourth-order valence-electron chi connectivity index (χ4n) is 1.66. The summed E-state index contributed by atoms with van der Waals surface area (Å²) < 4.78 is 6.66. The number of rotatable bonds is 1. The summed E-state index contributed by atoms with van der Waals surface area (Å²) in [5.41, 5.74) is 0.176. The van der Waals surface area contributed by atoms with Crippen LogP contribution in [0, 0.1) is 0 Å². The molecule has 15 heavy (non-hydrogen) atoms. The van der Waals surface area contributed by atoms with Gasteiger partial charge in [0.05, 0.1) is 4.34 Å². The van der Waals surface area contributed by atoms with E-state index >= 15 is 0 Å². The zero-order valence-electron chi connectivity index (χ0n) is 9.05. The van der Waals surface area contributed by atoms with Crippen molar-refractivity contribution in [2.75, 3.05) is 13.2 Å². The van der Waals surface area contributed by atoms with E-state index in [1.807, 2.05) is 6.07 Å². The molecule has 2 heterocycles. The number of thiophene rings is 1. The van der Waals surface area contributed by atoms with Gasteiger partial charge in [0.15, 0.2) is 0 Å². The van der Waals surface area contributed by atoms with E-state index in [4.69, 9.17) is 16.3 Å². The minimum absolute atomic E-state index is 0.157. The van der Waals surface area contributed by atoms with Crippen molar-refractivity contribution < 1.29 is 4.74 Å². The third kappa shape index (κ3) is 2.94. The number of nitrogens with one attached hydrogen (secondary N) is 1. The molecule has 1 atom stereocenters. The number of halogens is 1. The van der Waals surface area contributed by atoms with Crippen molar-refractivity contribution in [3.63, 3.8) is 0 Å². The first-order valence-corrected chi connectivity index (χ1v) is 6.38. The zero-order chi connectivity index (χ0) is 10.9. The second kappa shape index (κ2) is 4.42. The zero-order valence-corrected chi connectivity index (χ0v) is 10.6. The summed E-state index contributed by atoms with van der Waals surface area (Å²) >= 11 is 7.52. The molecule has 0 bridgehead atoms. The van der Waals surface area contributed by atoms with Gasteiger partial charge in [-0.3, -0.25) is 0 Å². The molecule has 2 rings (SSSR count). The van der Waals surface area contributed by atoms with E-state index < -0.39 is 0 Å². The van der Waals surface area contributed by atoms with E-state index in [2.05, 4.69) is 25.2 Å². The summed E-state index contributed by atoms with van der Waals surface area (Å²) in [7, 11) is 0. The second-order valence-electron chi connectivity index (χ2n) is 4.52. The predicted molar refractivity (Wildman–Crippen MR) is 64.7 cm³/mol. The van der Waals surface area contributed by atoms with E-state index in [-0.39, 0.29) is 11.6 Å². The van der Waals surface area contributed by atoms with E-state index in [0.717, 1.165) is 23.9 Å². The van der Waals surface area contributed by atoms with Gasteiger partial charge in [0.1, 0.15) is 6.10 Å². The van der Waals surface area contributed by atoms with Crippen LogP contribution in [-0.4, -0.2) is 18.7 Å². The van der Waals surface area contributed by atoms with Gasteiger partial charge in [-0.2, -0.15) is 0 Å². The lowest BCUT2D eigenvalue weighted by molar-refractivity contribution is 0.0680. The first-order chi connectivity index (χ1) is 7.07. The molecule has 1 aliphatic heterocycles. The summed E-state index contributed by atoms with van der Waals surface area (Å²) in [5, 5.41) is 3.52. The highest BCUT2D eigenvalue weighted by atomic mass is 35.5. The first-order valence-electron chi connectivity index (χ1n) is 5.19. The maximum absolute atomic E-state index is 5.92. The van der Waals surface area contributed by atoms with Gasteiger partial charge in [-0.25, -0.2) is 0 Å². The molecule has 84 valence electrons. The fourth-order valence-corrected chi connectivity index (χ4v) is 2.77. The minimum atomic E-state index is 0.157. The van der Waals surface area contributed by atoms with Crippen LogP contribution in [0.2, 0.25) is 4.34 Å². The Kier molecular flexibility index (Phi) is 3.36. The average molecular weight is 246 g/mol. The van der Waals surface area contributed by atoms with E-state index in [1.54, 1.807) is 11.3 Å². The van der Waals surface area contributed by atoms with Crippen molar-refractivity contribution in [2.24, 2.45) is 0 Å². The lowest BCUT2D eigenvalue weighted by Crippen LogP contribution is -2.39. The predicted octanol–water partition coefficient (Wildman–Crippen LogP) is 3.23. The van der Waals surface area contributed by atoms with Crippen molar-refractivity contribution in [2.45, 2.75) is 31.9 Å². The van der Waals surface area contributed by atoms with Gasteiger partial charge in [0, 0.05) is 23.6 Å². The minimum Gasteiger partial charge on any atom is -0.371 e. The van der Waals surface area contributed by atoms with E-state index in [9.17, 15) is 0 Å². The molecule has 1 aliphatic rings. The van der Waals surface area contributed by atoms with Gasteiger partial charge >= 0.3 is 0 Å². The van der Waals surface area contributed by atoms with Gasteiger partial charge < -0.3 is 10.1 Å². The van der Waals surface area contributed by atoms with E-state index in [0.29, 0.717) is 0 Å². The molecule has 1 fully saturated rings. The molecule has 1 N–H and O–H groups in total. The molecule has 4 heteroatoms. The Morgan fingerprint density at radius 1 is 1.53 bits per heavy atom. The molecular weight excluding hydrogens is 230 g/mol. The molecule has 0 aliphatic carbocycles. The third-order valence-electron chi connectivity index (χ3n) is 2.72. The lowest BCUT2D eigenvalue weighted by Gasteiger charge is -2.23. The normalized spacial score (nSPS) is 26.2. The van der Waals surface area contributed by atoms with Crippen LogP contribution in [0.1, 0.15) is 31.2 Å². The summed E-state index contributed by atoms with van der Waals surface area (Å²) in [4.78, 5) is 1.21. The number of ether oxygens (including phenoxy) is 1. The SMILES string of the molecule is CC1(C)CCOC(c2ccc(Cl)s2)CN1. The van der Waals surface area contributed by atoms with Crippen molar-refractivity contribution >= 4 is 22.9 Å². The topological polar surface area (TPSA) is 21.3 Å². The molecule has 1 aromatic rings. The standard InChI is InChI=1S/C11H16ClNOS/c1-11(2)5-6-14-8(7-13-11)9-3-4-10(12)15-9/h3-4,8,13H,5-7H2,1-2H3. The third-order valence-corrected chi connectivity index (χ3v) is 4.05. The average Bonchev–Trinajstić information content (AvgIpc) is 2.49. The molecule has 0 amide bonds. The summed E-state index contributed by atoms with van der Waals surface area (Å²) in [6, 6.07) is 3.98. The highest BCUT2D eigenvalue weighted by Crippen LogP contribution is 2.30. The number of hydrogen-bond acceptors (Lipinski definition) is 3. The van der Waals surface area contributed by atoms with Crippen molar-refractivity contribution in [1.29, 1.82) is 0 Å². The highest BCUT2D eigenvalue weighted by Gasteiger charge is 2.25. The molecule has 2 nitrogen and oxygen atoms in total. The van der Waals surface area contributed by atoms with Gasteiger partial charge in [-0.05, 0) is 32.4 Å². The Morgan fingerprint density at radius 2 is 2.33 bits per heavy atom. The monoisotopic (exact) mass is 245 g/mol. The maximum Gasteiger partial charge on any atom is 0.104 e. The number of hydrogen-bond donors (Lipinski definition) is 1. The van der Waals surface area contributed by atoms with Crippen LogP contribution in [0.4, 0.5) is 0 Å².